The molecule has 0 saturated carbocycles. The average molecular weight is 282 g/mol. The average Bonchev–Trinajstić information content (AvgIpc) is 2.95. The Bertz CT molecular complexity index is 578. The van der Waals surface area contributed by atoms with Crippen molar-refractivity contribution in [3.8, 4) is 6.07 Å². The lowest BCUT2D eigenvalue weighted by atomic mass is 10.1. The number of rotatable bonds is 8. The minimum absolute atomic E-state index is 0.696. The molecule has 2 rings (SSSR count). The molecule has 1 aromatic heterocycles. The van der Waals surface area contributed by atoms with E-state index in [-0.39, 0.29) is 0 Å². The van der Waals surface area contributed by atoms with Crippen molar-refractivity contribution in [1.29, 1.82) is 5.26 Å². The summed E-state index contributed by atoms with van der Waals surface area (Å²) < 4.78 is 2.15. The molecule has 0 saturated heterocycles. The van der Waals surface area contributed by atoms with Gasteiger partial charge < -0.3 is 9.88 Å². The van der Waals surface area contributed by atoms with Crippen LogP contribution in [0.2, 0.25) is 0 Å². The second-order valence-corrected chi connectivity index (χ2v) is 5.21. The summed E-state index contributed by atoms with van der Waals surface area (Å²) >= 11 is 0. The Kier molecular flexibility index (Phi) is 5.99. The molecule has 2 aromatic rings. The molecule has 0 atom stereocenters. The highest BCUT2D eigenvalue weighted by atomic mass is 15.1. The van der Waals surface area contributed by atoms with Gasteiger partial charge in [0.15, 0.2) is 0 Å². The van der Waals surface area contributed by atoms with E-state index in [1.54, 1.807) is 0 Å². The van der Waals surface area contributed by atoms with E-state index in [1.165, 1.54) is 30.5 Å². The zero-order chi connectivity index (χ0) is 14.9. The third kappa shape index (κ3) is 4.73. The van der Waals surface area contributed by atoms with Crippen molar-refractivity contribution < 1.29 is 0 Å². The Hall–Kier alpha value is -2.12. The number of nitrogens with zero attached hydrogens (tertiary/aromatic N) is 3. The van der Waals surface area contributed by atoms with Crippen LogP contribution in [0.1, 0.15) is 43.0 Å². The first-order valence-electron chi connectivity index (χ1n) is 7.52. The summed E-state index contributed by atoms with van der Waals surface area (Å²) in [6.45, 7) is 4.90. The van der Waals surface area contributed by atoms with Crippen molar-refractivity contribution in [2.75, 3.05) is 6.54 Å². The molecule has 1 aromatic carbocycles. The van der Waals surface area contributed by atoms with Gasteiger partial charge in [-0.05, 0) is 30.7 Å². The van der Waals surface area contributed by atoms with E-state index >= 15 is 0 Å². The molecule has 4 heteroatoms. The molecule has 1 N–H and O–H groups in total. The molecule has 0 radical (unpaired) electrons. The quantitative estimate of drug-likeness (QED) is 0.757. The lowest BCUT2D eigenvalue weighted by molar-refractivity contribution is 0.594. The fourth-order valence-electron chi connectivity index (χ4n) is 2.24. The summed E-state index contributed by atoms with van der Waals surface area (Å²) in [5, 5.41) is 12.3. The Morgan fingerprint density at radius 2 is 2.05 bits per heavy atom. The molecule has 21 heavy (non-hydrogen) atoms. The monoisotopic (exact) mass is 282 g/mol. The SMILES string of the molecule is CCCCCNCc1cncn1Cc1ccc(C#N)cc1. The van der Waals surface area contributed by atoms with E-state index < -0.39 is 0 Å². The van der Waals surface area contributed by atoms with Crippen molar-refractivity contribution >= 4 is 0 Å². The molecular weight excluding hydrogens is 260 g/mol. The summed E-state index contributed by atoms with van der Waals surface area (Å²) in [4.78, 5) is 4.24. The molecule has 0 bridgehead atoms. The van der Waals surface area contributed by atoms with Crippen LogP contribution in [0.5, 0.6) is 0 Å². The molecule has 0 fully saturated rings. The van der Waals surface area contributed by atoms with Crippen molar-refractivity contribution in [3.63, 3.8) is 0 Å². The molecular formula is C17H22N4. The van der Waals surface area contributed by atoms with Crippen molar-refractivity contribution in [3.05, 3.63) is 53.6 Å². The van der Waals surface area contributed by atoms with Gasteiger partial charge in [0.25, 0.3) is 0 Å². The fraction of sp³-hybridized carbons (Fsp3) is 0.412. The first-order valence-corrected chi connectivity index (χ1v) is 7.52. The van der Waals surface area contributed by atoms with Crippen molar-refractivity contribution in [2.45, 2.75) is 39.3 Å². The van der Waals surface area contributed by atoms with Crippen LogP contribution >= 0.6 is 0 Å². The fourth-order valence-corrected chi connectivity index (χ4v) is 2.24. The summed E-state index contributed by atoms with van der Waals surface area (Å²) in [6, 6.07) is 9.85. The normalized spacial score (nSPS) is 10.5. The van der Waals surface area contributed by atoms with Gasteiger partial charge in [-0.2, -0.15) is 5.26 Å². The highest BCUT2D eigenvalue weighted by Gasteiger charge is 2.03. The zero-order valence-corrected chi connectivity index (χ0v) is 12.5. The number of nitriles is 1. The molecule has 0 aliphatic carbocycles. The van der Waals surface area contributed by atoms with Crippen LogP contribution in [0.15, 0.2) is 36.8 Å². The number of hydrogen-bond donors (Lipinski definition) is 1. The van der Waals surface area contributed by atoms with Gasteiger partial charge >= 0.3 is 0 Å². The van der Waals surface area contributed by atoms with Gasteiger partial charge in [0.2, 0.25) is 0 Å². The van der Waals surface area contributed by atoms with E-state index in [0.29, 0.717) is 5.56 Å². The van der Waals surface area contributed by atoms with Crippen LogP contribution < -0.4 is 5.32 Å². The smallest absolute Gasteiger partial charge is 0.0991 e. The predicted octanol–water partition coefficient (Wildman–Crippen LogP) is 3.08. The van der Waals surface area contributed by atoms with E-state index in [9.17, 15) is 0 Å². The highest BCUT2D eigenvalue weighted by Crippen LogP contribution is 2.08. The summed E-state index contributed by atoms with van der Waals surface area (Å²) in [6.07, 6.45) is 7.52. The number of unbranched alkanes of at least 4 members (excludes halogenated alkanes) is 2. The molecule has 0 aliphatic heterocycles. The molecule has 0 amide bonds. The molecule has 0 spiro atoms. The largest absolute Gasteiger partial charge is 0.329 e. The molecule has 0 aliphatic rings. The maximum Gasteiger partial charge on any atom is 0.0991 e. The van der Waals surface area contributed by atoms with Gasteiger partial charge in [0, 0.05) is 19.3 Å². The zero-order valence-electron chi connectivity index (χ0n) is 12.5. The van der Waals surface area contributed by atoms with Crippen LogP contribution in [0.3, 0.4) is 0 Å². The van der Waals surface area contributed by atoms with Crippen LogP contribution in [0.4, 0.5) is 0 Å². The van der Waals surface area contributed by atoms with Crippen molar-refractivity contribution in [2.24, 2.45) is 0 Å². The highest BCUT2D eigenvalue weighted by molar-refractivity contribution is 5.31. The van der Waals surface area contributed by atoms with E-state index in [2.05, 4.69) is 27.9 Å². The van der Waals surface area contributed by atoms with Gasteiger partial charge in [-0.25, -0.2) is 4.98 Å². The number of aromatic nitrogens is 2. The first kappa shape index (κ1) is 15.3. The van der Waals surface area contributed by atoms with Crippen LogP contribution in [-0.4, -0.2) is 16.1 Å². The maximum absolute atomic E-state index is 8.81. The Morgan fingerprint density at radius 3 is 2.76 bits per heavy atom. The number of imidazole rings is 1. The summed E-state index contributed by atoms with van der Waals surface area (Å²) in [5.74, 6) is 0. The van der Waals surface area contributed by atoms with Gasteiger partial charge in [-0.3, -0.25) is 0 Å². The van der Waals surface area contributed by atoms with Crippen LogP contribution in [0, 0.1) is 11.3 Å². The maximum atomic E-state index is 8.81. The van der Waals surface area contributed by atoms with E-state index in [4.69, 9.17) is 5.26 Å². The second kappa shape index (κ2) is 8.23. The number of benzene rings is 1. The van der Waals surface area contributed by atoms with E-state index in [0.717, 1.165) is 19.6 Å². The van der Waals surface area contributed by atoms with Crippen LogP contribution in [0.25, 0.3) is 0 Å². The third-order valence-electron chi connectivity index (χ3n) is 3.50. The van der Waals surface area contributed by atoms with Gasteiger partial charge in [0.05, 0.1) is 23.7 Å². The van der Waals surface area contributed by atoms with Crippen LogP contribution in [-0.2, 0) is 13.1 Å². The summed E-state index contributed by atoms with van der Waals surface area (Å²) in [7, 11) is 0. The lowest BCUT2D eigenvalue weighted by Crippen LogP contribution is -2.17. The second-order valence-electron chi connectivity index (χ2n) is 5.21. The third-order valence-corrected chi connectivity index (χ3v) is 3.50. The Balaban J connectivity index is 1.89. The van der Waals surface area contributed by atoms with E-state index in [1.807, 2.05) is 36.8 Å². The van der Waals surface area contributed by atoms with Gasteiger partial charge in [-0.15, -0.1) is 0 Å². The molecule has 0 unspecified atom stereocenters. The Labute approximate surface area is 126 Å². The number of nitrogens with one attached hydrogen (secondary N) is 1. The molecule has 1 heterocycles. The molecule has 4 nitrogen and oxygen atoms in total. The lowest BCUT2D eigenvalue weighted by Gasteiger charge is -2.09. The topological polar surface area (TPSA) is 53.6 Å². The van der Waals surface area contributed by atoms with Crippen molar-refractivity contribution in [1.82, 2.24) is 14.9 Å². The van der Waals surface area contributed by atoms with Gasteiger partial charge in [-0.1, -0.05) is 31.9 Å². The minimum Gasteiger partial charge on any atom is -0.329 e. The number of hydrogen-bond acceptors (Lipinski definition) is 3. The molecule has 110 valence electrons. The summed E-state index contributed by atoms with van der Waals surface area (Å²) in [5.41, 5.74) is 3.07. The van der Waals surface area contributed by atoms with Gasteiger partial charge in [0.1, 0.15) is 0 Å². The Morgan fingerprint density at radius 1 is 1.24 bits per heavy atom. The predicted molar refractivity (Wildman–Crippen MR) is 83.7 cm³/mol. The standard InChI is InChI=1S/C17H22N4/c1-2-3-4-9-19-11-17-12-20-14-21(17)13-16-7-5-15(10-18)6-8-16/h5-8,12,14,19H,2-4,9,11,13H2,1H3. The first-order chi connectivity index (χ1) is 10.3. The minimum atomic E-state index is 0.696.